The van der Waals surface area contributed by atoms with Crippen molar-refractivity contribution in [1.82, 2.24) is 10.6 Å². The van der Waals surface area contributed by atoms with Crippen LogP contribution in [0.4, 0.5) is 4.79 Å². The zero-order chi connectivity index (χ0) is 11.7. The van der Waals surface area contributed by atoms with E-state index in [-0.39, 0.29) is 17.9 Å². The van der Waals surface area contributed by atoms with Crippen LogP contribution in [0.3, 0.4) is 0 Å². The molecule has 0 unspecified atom stereocenters. The SMILES string of the molecule is CC(C)(C)NC(=O)O[C@]1(C)CNC(=O)C1. The van der Waals surface area contributed by atoms with Crippen molar-refractivity contribution in [3.05, 3.63) is 0 Å². The zero-order valence-electron chi connectivity index (χ0n) is 9.64. The van der Waals surface area contributed by atoms with Gasteiger partial charge in [-0.3, -0.25) is 4.79 Å². The first-order valence-corrected chi connectivity index (χ1v) is 4.98. The Morgan fingerprint density at radius 1 is 1.53 bits per heavy atom. The monoisotopic (exact) mass is 214 g/mol. The molecule has 0 bridgehead atoms. The fourth-order valence-corrected chi connectivity index (χ4v) is 1.38. The van der Waals surface area contributed by atoms with Crippen LogP contribution < -0.4 is 10.6 Å². The van der Waals surface area contributed by atoms with E-state index >= 15 is 0 Å². The molecule has 5 nitrogen and oxygen atoms in total. The molecule has 0 aromatic heterocycles. The van der Waals surface area contributed by atoms with Crippen molar-refractivity contribution < 1.29 is 14.3 Å². The van der Waals surface area contributed by atoms with Gasteiger partial charge in [-0.05, 0) is 27.7 Å². The molecule has 1 rings (SSSR count). The van der Waals surface area contributed by atoms with Crippen molar-refractivity contribution in [3.63, 3.8) is 0 Å². The van der Waals surface area contributed by atoms with Crippen molar-refractivity contribution in [2.75, 3.05) is 6.54 Å². The Labute approximate surface area is 89.6 Å². The van der Waals surface area contributed by atoms with Gasteiger partial charge in [0.15, 0.2) is 0 Å². The summed E-state index contributed by atoms with van der Waals surface area (Å²) in [4.78, 5) is 22.5. The number of hydrogen-bond donors (Lipinski definition) is 2. The van der Waals surface area contributed by atoms with Crippen LogP contribution in [0.1, 0.15) is 34.1 Å². The number of ether oxygens (including phenoxy) is 1. The van der Waals surface area contributed by atoms with Crippen LogP contribution >= 0.6 is 0 Å². The fourth-order valence-electron chi connectivity index (χ4n) is 1.38. The second-order valence-corrected chi connectivity index (χ2v) is 5.17. The van der Waals surface area contributed by atoms with Gasteiger partial charge in [0.1, 0.15) is 5.60 Å². The minimum Gasteiger partial charge on any atom is -0.441 e. The zero-order valence-corrected chi connectivity index (χ0v) is 9.64. The van der Waals surface area contributed by atoms with Crippen LogP contribution in [-0.4, -0.2) is 29.7 Å². The number of carbonyl (C=O) groups is 2. The van der Waals surface area contributed by atoms with Gasteiger partial charge in [0.05, 0.1) is 13.0 Å². The minimum atomic E-state index is -0.716. The average molecular weight is 214 g/mol. The molecule has 1 heterocycles. The van der Waals surface area contributed by atoms with Crippen LogP contribution in [0.2, 0.25) is 0 Å². The Morgan fingerprint density at radius 2 is 2.13 bits per heavy atom. The van der Waals surface area contributed by atoms with E-state index in [9.17, 15) is 9.59 Å². The molecule has 2 amide bonds. The smallest absolute Gasteiger partial charge is 0.408 e. The van der Waals surface area contributed by atoms with Crippen LogP contribution in [0.15, 0.2) is 0 Å². The molecule has 5 heteroatoms. The maximum absolute atomic E-state index is 11.5. The lowest BCUT2D eigenvalue weighted by Crippen LogP contribution is -2.45. The van der Waals surface area contributed by atoms with E-state index < -0.39 is 11.7 Å². The number of alkyl carbamates (subject to hydrolysis) is 1. The average Bonchev–Trinajstić information content (AvgIpc) is 2.25. The largest absolute Gasteiger partial charge is 0.441 e. The summed E-state index contributed by atoms with van der Waals surface area (Å²) in [5.74, 6) is -0.0824. The van der Waals surface area contributed by atoms with Gasteiger partial charge >= 0.3 is 6.09 Å². The second-order valence-electron chi connectivity index (χ2n) is 5.17. The van der Waals surface area contributed by atoms with E-state index in [1.54, 1.807) is 6.92 Å². The Bertz CT molecular complexity index is 283. The molecule has 0 radical (unpaired) electrons. The molecule has 2 N–H and O–H groups in total. The highest BCUT2D eigenvalue weighted by Crippen LogP contribution is 2.20. The highest BCUT2D eigenvalue weighted by atomic mass is 16.6. The van der Waals surface area contributed by atoms with E-state index in [1.165, 1.54) is 0 Å². The Balaban J connectivity index is 2.48. The van der Waals surface area contributed by atoms with Crippen molar-refractivity contribution in [2.24, 2.45) is 0 Å². The fraction of sp³-hybridized carbons (Fsp3) is 0.800. The van der Waals surface area contributed by atoms with E-state index in [4.69, 9.17) is 4.74 Å². The van der Waals surface area contributed by atoms with Crippen LogP contribution in [0, 0.1) is 0 Å². The van der Waals surface area contributed by atoms with Gasteiger partial charge in [0, 0.05) is 5.54 Å². The molecule has 1 aliphatic heterocycles. The molecule has 15 heavy (non-hydrogen) atoms. The molecule has 0 aromatic rings. The first kappa shape index (κ1) is 11.8. The Hall–Kier alpha value is -1.26. The molecule has 1 aliphatic rings. The number of rotatable bonds is 1. The number of hydrogen-bond acceptors (Lipinski definition) is 3. The molecule has 0 spiro atoms. The van der Waals surface area contributed by atoms with Crippen molar-refractivity contribution in [2.45, 2.75) is 45.3 Å². The summed E-state index contributed by atoms with van der Waals surface area (Å²) in [6.45, 7) is 7.73. The third-order valence-corrected chi connectivity index (χ3v) is 2.01. The third kappa shape index (κ3) is 3.77. The molecule has 0 saturated carbocycles. The topological polar surface area (TPSA) is 67.4 Å². The van der Waals surface area contributed by atoms with Crippen LogP contribution in [0.5, 0.6) is 0 Å². The highest BCUT2D eigenvalue weighted by Gasteiger charge is 2.38. The maximum atomic E-state index is 11.5. The molecular weight excluding hydrogens is 196 g/mol. The molecular formula is C10H18N2O3. The van der Waals surface area contributed by atoms with E-state index in [2.05, 4.69) is 10.6 Å². The minimum absolute atomic E-state index is 0.0824. The van der Waals surface area contributed by atoms with Gasteiger partial charge < -0.3 is 15.4 Å². The predicted molar refractivity (Wildman–Crippen MR) is 55.4 cm³/mol. The first-order chi connectivity index (χ1) is 6.70. The second kappa shape index (κ2) is 3.72. The molecule has 1 saturated heterocycles. The van der Waals surface area contributed by atoms with E-state index in [0.29, 0.717) is 6.54 Å². The summed E-state index contributed by atoms with van der Waals surface area (Å²) >= 11 is 0. The lowest BCUT2D eigenvalue weighted by atomic mass is 10.1. The third-order valence-electron chi connectivity index (χ3n) is 2.01. The molecule has 0 aliphatic carbocycles. The van der Waals surface area contributed by atoms with Crippen molar-refractivity contribution in [3.8, 4) is 0 Å². The van der Waals surface area contributed by atoms with Crippen molar-refractivity contribution >= 4 is 12.0 Å². The number of carbonyl (C=O) groups excluding carboxylic acids is 2. The molecule has 86 valence electrons. The molecule has 1 fully saturated rings. The van der Waals surface area contributed by atoms with Gasteiger partial charge in [-0.2, -0.15) is 0 Å². The van der Waals surface area contributed by atoms with Gasteiger partial charge in [0.2, 0.25) is 5.91 Å². The van der Waals surface area contributed by atoms with Crippen LogP contribution in [-0.2, 0) is 9.53 Å². The van der Waals surface area contributed by atoms with Crippen molar-refractivity contribution in [1.29, 1.82) is 0 Å². The number of amides is 2. The van der Waals surface area contributed by atoms with E-state index in [1.807, 2.05) is 20.8 Å². The molecule has 0 aromatic carbocycles. The Morgan fingerprint density at radius 3 is 2.53 bits per heavy atom. The number of nitrogens with one attached hydrogen (secondary N) is 2. The van der Waals surface area contributed by atoms with Gasteiger partial charge in [0.25, 0.3) is 0 Å². The predicted octanol–water partition coefficient (Wildman–Crippen LogP) is 0.790. The quantitative estimate of drug-likeness (QED) is 0.678. The summed E-state index contributed by atoms with van der Waals surface area (Å²) in [5, 5.41) is 5.32. The standard InChI is InChI=1S/C10H18N2O3/c1-9(2,3)12-8(14)15-10(4)5-7(13)11-6-10/h5-6H2,1-4H3,(H,11,13)(H,12,14)/t10-/m0/s1. The maximum Gasteiger partial charge on any atom is 0.408 e. The summed E-state index contributed by atoms with van der Waals surface area (Å²) in [6.07, 6.45) is -0.258. The highest BCUT2D eigenvalue weighted by molar-refractivity contribution is 5.80. The summed E-state index contributed by atoms with van der Waals surface area (Å²) in [7, 11) is 0. The normalized spacial score (nSPS) is 26.0. The lowest BCUT2D eigenvalue weighted by molar-refractivity contribution is -0.120. The van der Waals surface area contributed by atoms with E-state index in [0.717, 1.165) is 0 Å². The van der Waals surface area contributed by atoms with Crippen LogP contribution in [0.25, 0.3) is 0 Å². The summed E-state index contributed by atoms with van der Waals surface area (Å²) in [5.41, 5.74) is -1.05. The summed E-state index contributed by atoms with van der Waals surface area (Å²) < 4.78 is 5.21. The first-order valence-electron chi connectivity index (χ1n) is 4.98. The summed E-state index contributed by atoms with van der Waals surface area (Å²) in [6, 6.07) is 0. The van der Waals surface area contributed by atoms with Gasteiger partial charge in [-0.25, -0.2) is 4.79 Å². The van der Waals surface area contributed by atoms with Gasteiger partial charge in [-0.1, -0.05) is 0 Å². The Kier molecular flexibility index (Phi) is 2.93. The van der Waals surface area contributed by atoms with Gasteiger partial charge in [-0.15, -0.1) is 0 Å². The molecule has 1 atom stereocenters. The lowest BCUT2D eigenvalue weighted by Gasteiger charge is -2.26.